The average Bonchev–Trinajstić information content (AvgIpc) is 2.87. The second-order valence-electron chi connectivity index (χ2n) is 8.67. The zero-order valence-electron chi connectivity index (χ0n) is 16.0. The van der Waals surface area contributed by atoms with Gasteiger partial charge in [-0.3, -0.25) is 14.4 Å². The molecule has 1 heterocycles. The van der Waals surface area contributed by atoms with Crippen LogP contribution in [0.15, 0.2) is 0 Å². The molecule has 2 unspecified atom stereocenters. The van der Waals surface area contributed by atoms with Crippen LogP contribution < -0.4 is 0 Å². The number of ketones is 2. The van der Waals surface area contributed by atoms with Gasteiger partial charge in [0.15, 0.2) is 17.7 Å². The van der Waals surface area contributed by atoms with E-state index in [1.807, 2.05) is 27.7 Å². The number of ether oxygens (including phenoxy) is 3. The molecule has 2 fully saturated rings. The van der Waals surface area contributed by atoms with E-state index in [-0.39, 0.29) is 24.4 Å². The third-order valence-electron chi connectivity index (χ3n) is 5.19. The monoisotopic (exact) mass is 354 g/mol. The van der Waals surface area contributed by atoms with Crippen molar-refractivity contribution in [1.82, 2.24) is 0 Å². The lowest BCUT2D eigenvalue weighted by atomic mass is 9.66. The van der Waals surface area contributed by atoms with E-state index in [2.05, 4.69) is 0 Å². The Morgan fingerprint density at radius 3 is 2.20 bits per heavy atom. The normalized spacial score (nSPS) is 32.1. The maximum atomic E-state index is 12.9. The summed E-state index contributed by atoms with van der Waals surface area (Å²) >= 11 is 0. The van der Waals surface area contributed by atoms with Crippen LogP contribution in [0, 0.1) is 10.8 Å². The SMILES string of the molecule is CC(=O)OC1C(=O)CC(C)(C)CC(=O)CC1(C)CCC1(C)OCCO1. The van der Waals surface area contributed by atoms with Crippen molar-refractivity contribution in [3.8, 4) is 0 Å². The molecule has 2 atom stereocenters. The third-order valence-corrected chi connectivity index (χ3v) is 5.19. The van der Waals surface area contributed by atoms with Crippen molar-refractivity contribution in [3.63, 3.8) is 0 Å². The molecule has 1 aliphatic carbocycles. The van der Waals surface area contributed by atoms with E-state index in [1.165, 1.54) is 6.92 Å². The largest absolute Gasteiger partial charge is 0.454 e. The number of hydrogen-bond donors (Lipinski definition) is 0. The first kappa shape index (κ1) is 20.0. The maximum absolute atomic E-state index is 12.9. The Morgan fingerprint density at radius 2 is 1.64 bits per heavy atom. The minimum atomic E-state index is -0.918. The van der Waals surface area contributed by atoms with E-state index in [1.54, 1.807) is 0 Å². The van der Waals surface area contributed by atoms with Crippen LogP contribution in [0.2, 0.25) is 0 Å². The summed E-state index contributed by atoms with van der Waals surface area (Å²) in [4.78, 5) is 37.0. The third kappa shape index (κ3) is 5.11. The topological polar surface area (TPSA) is 78.9 Å². The van der Waals surface area contributed by atoms with Gasteiger partial charge in [-0.1, -0.05) is 20.8 Å². The van der Waals surface area contributed by atoms with Gasteiger partial charge in [-0.05, 0) is 18.8 Å². The fourth-order valence-corrected chi connectivity index (χ4v) is 3.96. The van der Waals surface area contributed by atoms with Gasteiger partial charge in [-0.25, -0.2) is 0 Å². The van der Waals surface area contributed by atoms with E-state index in [9.17, 15) is 14.4 Å². The minimum Gasteiger partial charge on any atom is -0.454 e. The standard InChI is InChI=1S/C19H30O6/c1-13(20)25-16-15(22)12-17(2,3)10-14(21)11-18(16,4)6-7-19(5)23-8-9-24-19/h16H,6-12H2,1-5H3. The Hall–Kier alpha value is -1.27. The molecule has 2 aliphatic rings. The van der Waals surface area contributed by atoms with Gasteiger partial charge in [-0.2, -0.15) is 0 Å². The van der Waals surface area contributed by atoms with Gasteiger partial charge in [0, 0.05) is 38.0 Å². The van der Waals surface area contributed by atoms with E-state index in [0.717, 1.165) is 0 Å². The van der Waals surface area contributed by atoms with Gasteiger partial charge >= 0.3 is 5.97 Å². The van der Waals surface area contributed by atoms with Crippen LogP contribution in [0.25, 0.3) is 0 Å². The van der Waals surface area contributed by atoms with Crippen molar-refractivity contribution < 1.29 is 28.6 Å². The number of rotatable bonds is 4. The second kappa shape index (κ2) is 7.16. The molecule has 0 aromatic heterocycles. The molecule has 0 bridgehead atoms. The van der Waals surface area contributed by atoms with Crippen LogP contribution in [-0.4, -0.2) is 42.6 Å². The van der Waals surface area contributed by atoms with Crippen LogP contribution in [0.3, 0.4) is 0 Å². The summed E-state index contributed by atoms with van der Waals surface area (Å²) in [7, 11) is 0. The summed E-state index contributed by atoms with van der Waals surface area (Å²) in [6, 6.07) is 0. The number of carbonyl (C=O) groups is 3. The van der Waals surface area contributed by atoms with Gasteiger partial charge < -0.3 is 14.2 Å². The molecule has 25 heavy (non-hydrogen) atoms. The van der Waals surface area contributed by atoms with Gasteiger partial charge in [0.05, 0.1) is 13.2 Å². The molecule has 142 valence electrons. The first-order valence-corrected chi connectivity index (χ1v) is 8.94. The van der Waals surface area contributed by atoms with Crippen molar-refractivity contribution >= 4 is 17.5 Å². The van der Waals surface area contributed by atoms with Gasteiger partial charge in [-0.15, -0.1) is 0 Å². The Kier molecular flexibility index (Phi) is 5.74. The molecule has 0 spiro atoms. The van der Waals surface area contributed by atoms with Crippen molar-refractivity contribution in [2.45, 2.75) is 78.6 Å². The van der Waals surface area contributed by atoms with Gasteiger partial charge in [0.1, 0.15) is 5.78 Å². The van der Waals surface area contributed by atoms with Crippen molar-refractivity contribution in [2.24, 2.45) is 10.8 Å². The molecule has 6 nitrogen and oxygen atoms in total. The molecule has 0 N–H and O–H groups in total. The summed E-state index contributed by atoms with van der Waals surface area (Å²) in [6.07, 6.45) is 0.890. The van der Waals surface area contributed by atoms with Crippen LogP contribution >= 0.6 is 0 Å². The Balaban J connectivity index is 2.26. The summed E-state index contributed by atoms with van der Waals surface area (Å²) in [6.45, 7) is 9.88. The highest BCUT2D eigenvalue weighted by molar-refractivity contribution is 5.90. The van der Waals surface area contributed by atoms with Crippen LogP contribution in [0.5, 0.6) is 0 Å². The number of Topliss-reactive ketones (excluding diaryl/α,β-unsaturated/α-hetero) is 2. The molecule has 0 amide bonds. The van der Waals surface area contributed by atoms with E-state index in [0.29, 0.717) is 32.5 Å². The Morgan fingerprint density at radius 1 is 1.04 bits per heavy atom. The summed E-state index contributed by atoms with van der Waals surface area (Å²) in [5.41, 5.74) is -1.17. The van der Waals surface area contributed by atoms with Crippen LogP contribution in [0.1, 0.15) is 66.7 Å². The van der Waals surface area contributed by atoms with Gasteiger partial charge in [0.2, 0.25) is 0 Å². The molecule has 0 radical (unpaired) electrons. The molecule has 2 rings (SSSR count). The summed E-state index contributed by atoms with van der Waals surface area (Å²) in [5.74, 6) is -1.24. The molecular weight excluding hydrogens is 324 g/mol. The van der Waals surface area contributed by atoms with Crippen molar-refractivity contribution in [3.05, 3.63) is 0 Å². The molecule has 0 aromatic carbocycles. The first-order chi connectivity index (χ1) is 11.4. The summed E-state index contributed by atoms with van der Waals surface area (Å²) in [5, 5.41) is 0. The van der Waals surface area contributed by atoms with Crippen LogP contribution in [-0.2, 0) is 28.6 Å². The zero-order valence-corrected chi connectivity index (χ0v) is 16.0. The van der Waals surface area contributed by atoms with E-state index in [4.69, 9.17) is 14.2 Å². The highest BCUT2D eigenvalue weighted by Crippen LogP contribution is 2.43. The molecule has 1 aliphatic heterocycles. The Labute approximate surface area is 149 Å². The van der Waals surface area contributed by atoms with Crippen molar-refractivity contribution in [1.29, 1.82) is 0 Å². The van der Waals surface area contributed by atoms with Crippen molar-refractivity contribution in [2.75, 3.05) is 13.2 Å². The smallest absolute Gasteiger partial charge is 0.303 e. The zero-order chi connectivity index (χ0) is 18.9. The van der Waals surface area contributed by atoms with E-state index < -0.39 is 28.7 Å². The second-order valence-corrected chi connectivity index (χ2v) is 8.67. The predicted molar refractivity (Wildman–Crippen MR) is 90.9 cm³/mol. The minimum absolute atomic E-state index is 0.0931. The Bertz CT molecular complexity index is 546. The number of carbonyl (C=O) groups excluding carboxylic acids is 3. The molecule has 1 saturated heterocycles. The van der Waals surface area contributed by atoms with E-state index >= 15 is 0 Å². The van der Waals surface area contributed by atoms with Crippen LogP contribution in [0.4, 0.5) is 0 Å². The highest BCUT2D eigenvalue weighted by atomic mass is 16.7. The number of esters is 1. The fraction of sp³-hybridized carbons (Fsp3) is 0.842. The van der Waals surface area contributed by atoms with Gasteiger partial charge in [0.25, 0.3) is 0 Å². The maximum Gasteiger partial charge on any atom is 0.303 e. The molecular formula is C19H30O6. The highest BCUT2D eigenvalue weighted by Gasteiger charge is 2.48. The fourth-order valence-electron chi connectivity index (χ4n) is 3.96. The average molecular weight is 354 g/mol. The summed E-state index contributed by atoms with van der Waals surface area (Å²) < 4.78 is 16.7. The lowest BCUT2D eigenvalue weighted by molar-refractivity contribution is -0.172. The lowest BCUT2D eigenvalue weighted by Gasteiger charge is -2.41. The predicted octanol–water partition coefficient (Wildman–Crippen LogP) is 2.82. The quantitative estimate of drug-likeness (QED) is 0.722. The molecule has 6 heteroatoms. The molecule has 1 saturated carbocycles. The lowest BCUT2D eigenvalue weighted by Crippen LogP contribution is -2.47. The number of hydrogen-bond acceptors (Lipinski definition) is 6. The molecule has 0 aromatic rings. The first-order valence-electron chi connectivity index (χ1n) is 8.94.